The van der Waals surface area contributed by atoms with E-state index in [1.165, 1.54) is 4.88 Å². The van der Waals surface area contributed by atoms with Crippen molar-refractivity contribution in [2.24, 2.45) is 0 Å². The molecule has 1 heterocycles. The van der Waals surface area contributed by atoms with Crippen molar-refractivity contribution < 1.29 is 9.53 Å². The minimum Gasteiger partial charge on any atom is -0.465 e. The highest BCUT2D eigenvalue weighted by Gasteiger charge is 2.32. The Labute approximate surface area is 87.9 Å². The predicted octanol–water partition coefficient (Wildman–Crippen LogP) is -0.00560. The number of rotatable bonds is 2. The maximum Gasteiger partial charge on any atom is 0.315 e. The molecule has 2 rings (SSSR count). The number of fused-ring (bicyclic) bond motifs is 1. The summed E-state index contributed by atoms with van der Waals surface area (Å²) in [6, 6.07) is 0. The quantitative estimate of drug-likeness (QED) is 0.508. The van der Waals surface area contributed by atoms with Crippen LogP contribution in [0.25, 0.3) is 0 Å². The Balaban J connectivity index is 2.20. The number of aryl methyl sites for hydroxylation is 1. The molecule has 3 nitrogen and oxygen atoms in total. The van der Waals surface area contributed by atoms with Crippen molar-refractivity contribution in [3.63, 3.8) is 0 Å². The van der Waals surface area contributed by atoms with Gasteiger partial charge in [0.2, 0.25) is 0 Å². The van der Waals surface area contributed by atoms with E-state index in [0.717, 1.165) is 23.4 Å². The van der Waals surface area contributed by atoms with Gasteiger partial charge in [0, 0.05) is 9.78 Å². The van der Waals surface area contributed by atoms with Crippen LogP contribution in [0.15, 0.2) is 0 Å². The molecular weight excluding hydrogens is 197 g/mol. The monoisotopic (exact) mass is 209 g/mol. The molecular formula is C9H12BNO2S. The van der Waals surface area contributed by atoms with Crippen molar-refractivity contribution in [3.05, 3.63) is 10.6 Å². The van der Waals surface area contributed by atoms with Crippen molar-refractivity contribution in [1.29, 1.82) is 0 Å². The van der Waals surface area contributed by atoms with Gasteiger partial charge in [0.15, 0.2) is 7.85 Å². The number of nitrogens with zero attached hydrogens (tertiary/aromatic N) is 1. The normalized spacial score (nSPS) is 19.4. The fraction of sp³-hybridized carbons (Fsp3) is 0.556. The topological polar surface area (TPSA) is 39.2 Å². The Morgan fingerprint density at radius 2 is 2.57 bits per heavy atom. The number of ether oxygens (including phenoxy) is 1. The molecule has 0 N–H and O–H groups in total. The lowest BCUT2D eigenvalue weighted by Gasteiger charge is -2.07. The lowest BCUT2D eigenvalue weighted by Crippen LogP contribution is -2.15. The van der Waals surface area contributed by atoms with Gasteiger partial charge < -0.3 is 4.74 Å². The molecule has 0 aliphatic heterocycles. The number of thiazole rings is 1. The lowest BCUT2D eigenvalue weighted by molar-refractivity contribution is -0.144. The lowest BCUT2D eigenvalue weighted by atomic mass is 10.1. The molecule has 0 fully saturated rings. The molecule has 0 saturated heterocycles. The maximum atomic E-state index is 11.6. The van der Waals surface area contributed by atoms with Crippen LogP contribution in [0.1, 0.15) is 29.8 Å². The zero-order chi connectivity index (χ0) is 10.1. The number of hydrogen-bond donors (Lipinski definition) is 0. The minimum absolute atomic E-state index is 0.102. The van der Waals surface area contributed by atoms with E-state index in [1.807, 2.05) is 14.8 Å². The molecule has 5 heteroatoms. The molecule has 1 aliphatic carbocycles. The van der Waals surface area contributed by atoms with E-state index in [4.69, 9.17) is 4.74 Å². The number of carbonyl (C=O) groups is 1. The Morgan fingerprint density at radius 3 is 3.29 bits per heavy atom. The first-order valence-electron chi connectivity index (χ1n) is 4.85. The van der Waals surface area contributed by atoms with Crippen molar-refractivity contribution in [1.82, 2.24) is 4.98 Å². The first-order valence-corrected chi connectivity index (χ1v) is 5.67. The van der Waals surface area contributed by atoms with Gasteiger partial charge in [-0.3, -0.25) is 9.78 Å². The summed E-state index contributed by atoms with van der Waals surface area (Å²) in [6.45, 7) is 2.29. The molecule has 0 bridgehead atoms. The molecule has 1 aromatic rings. The van der Waals surface area contributed by atoms with E-state index in [9.17, 15) is 4.79 Å². The van der Waals surface area contributed by atoms with Gasteiger partial charge in [-0.25, -0.2) is 0 Å². The molecule has 0 aromatic carbocycles. The van der Waals surface area contributed by atoms with E-state index in [2.05, 4.69) is 4.98 Å². The van der Waals surface area contributed by atoms with Gasteiger partial charge in [-0.15, -0.1) is 11.3 Å². The van der Waals surface area contributed by atoms with Gasteiger partial charge in [0.05, 0.1) is 12.3 Å². The first-order chi connectivity index (χ1) is 6.72. The summed E-state index contributed by atoms with van der Waals surface area (Å²) in [5.74, 6) is -0.216. The zero-order valence-corrected chi connectivity index (χ0v) is 9.19. The number of hydrogen-bond acceptors (Lipinski definition) is 4. The first kappa shape index (κ1) is 9.71. The minimum atomic E-state index is -0.114. The highest BCUT2D eigenvalue weighted by atomic mass is 32.1. The predicted molar refractivity (Wildman–Crippen MR) is 58.0 cm³/mol. The number of carbonyl (C=O) groups excluding carboxylic acids is 1. The molecule has 1 unspecified atom stereocenters. The second kappa shape index (κ2) is 3.73. The summed E-state index contributed by atoms with van der Waals surface area (Å²) in [6.07, 6.45) is 1.84. The second-order valence-electron chi connectivity index (χ2n) is 3.38. The van der Waals surface area contributed by atoms with Gasteiger partial charge in [0.25, 0.3) is 0 Å². The molecule has 0 amide bonds. The number of aromatic nitrogens is 1. The van der Waals surface area contributed by atoms with Crippen LogP contribution >= 0.6 is 11.3 Å². The van der Waals surface area contributed by atoms with Crippen molar-refractivity contribution >= 4 is 30.1 Å². The molecule has 1 aromatic heterocycles. The molecule has 0 radical (unpaired) electrons. The van der Waals surface area contributed by atoms with E-state index in [1.54, 1.807) is 11.3 Å². The largest absolute Gasteiger partial charge is 0.465 e. The highest BCUT2D eigenvalue weighted by Crippen LogP contribution is 2.34. The van der Waals surface area contributed by atoms with Gasteiger partial charge in [-0.2, -0.15) is 0 Å². The summed E-state index contributed by atoms with van der Waals surface area (Å²) >= 11 is 1.70. The van der Waals surface area contributed by atoms with Gasteiger partial charge in [-0.05, 0) is 19.8 Å². The fourth-order valence-corrected chi connectivity index (χ4v) is 2.83. The molecule has 14 heavy (non-hydrogen) atoms. The SMILES string of the molecule is Bc1nc2c(s1)CCC2C(=O)OCC. The Bertz CT molecular complexity index is 364. The van der Waals surface area contributed by atoms with Gasteiger partial charge in [0.1, 0.15) is 5.92 Å². The van der Waals surface area contributed by atoms with E-state index in [0.29, 0.717) is 6.61 Å². The summed E-state index contributed by atoms with van der Waals surface area (Å²) in [5, 5.41) is 0. The van der Waals surface area contributed by atoms with Crippen molar-refractivity contribution in [2.75, 3.05) is 6.61 Å². The third-order valence-corrected chi connectivity index (χ3v) is 3.44. The van der Waals surface area contributed by atoms with E-state index < -0.39 is 0 Å². The van der Waals surface area contributed by atoms with E-state index in [-0.39, 0.29) is 11.9 Å². The summed E-state index contributed by atoms with van der Waals surface area (Å²) < 4.78 is 5.02. The molecule has 0 spiro atoms. The Morgan fingerprint density at radius 1 is 1.79 bits per heavy atom. The average Bonchev–Trinajstić information content (AvgIpc) is 2.62. The average molecular weight is 209 g/mol. The van der Waals surface area contributed by atoms with Crippen LogP contribution in [0, 0.1) is 0 Å². The van der Waals surface area contributed by atoms with Gasteiger partial charge in [-0.1, -0.05) is 0 Å². The third-order valence-electron chi connectivity index (χ3n) is 2.40. The van der Waals surface area contributed by atoms with Crippen molar-refractivity contribution in [2.45, 2.75) is 25.7 Å². The smallest absolute Gasteiger partial charge is 0.315 e. The van der Waals surface area contributed by atoms with Crippen LogP contribution in [0.3, 0.4) is 0 Å². The van der Waals surface area contributed by atoms with Crippen LogP contribution in [0.2, 0.25) is 0 Å². The summed E-state index contributed by atoms with van der Waals surface area (Å²) in [5.41, 5.74) is 0.964. The number of esters is 1. The summed E-state index contributed by atoms with van der Waals surface area (Å²) in [7, 11) is 1.98. The molecule has 74 valence electrons. The maximum absolute atomic E-state index is 11.6. The Hall–Kier alpha value is -0.835. The van der Waals surface area contributed by atoms with Crippen LogP contribution < -0.4 is 4.91 Å². The zero-order valence-electron chi connectivity index (χ0n) is 8.37. The van der Waals surface area contributed by atoms with Crippen LogP contribution in [-0.2, 0) is 16.0 Å². The Kier molecular flexibility index (Phi) is 2.59. The molecule has 1 atom stereocenters. The van der Waals surface area contributed by atoms with Crippen LogP contribution in [0.5, 0.6) is 0 Å². The highest BCUT2D eigenvalue weighted by molar-refractivity contribution is 7.19. The molecule has 0 saturated carbocycles. The van der Waals surface area contributed by atoms with Crippen LogP contribution in [-0.4, -0.2) is 25.4 Å². The standard InChI is InChI=1S/C9H12BNO2S/c1-2-13-8(12)5-3-4-6-7(5)11-9(10)14-6/h5H,2-4,10H2,1H3. The van der Waals surface area contributed by atoms with Gasteiger partial charge >= 0.3 is 5.97 Å². The third kappa shape index (κ3) is 1.56. The van der Waals surface area contributed by atoms with Crippen molar-refractivity contribution in [3.8, 4) is 0 Å². The van der Waals surface area contributed by atoms with Crippen LogP contribution in [0.4, 0.5) is 0 Å². The van der Waals surface area contributed by atoms with E-state index >= 15 is 0 Å². The molecule has 1 aliphatic rings. The summed E-state index contributed by atoms with van der Waals surface area (Å²) in [4.78, 5) is 18.3. The second-order valence-corrected chi connectivity index (χ2v) is 4.67. The fourth-order valence-electron chi connectivity index (χ4n) is 1.82.